The maximum atomic E-state index is 6.10. The number of hydrogen-bond acceptors (Lipinski definition) is 1. The van der Waals surface area contributed by atoms with Crippen LogP contribution in [-0.4, -0.2) is 0 Å². The second-order valence-electron chi connectivity index (χ2n) is 6.62. The molecule has 0 fully saturated rings. The van der Waals surface area contributed by atoms with Crippen molar-refractivity contribution in [2.45, 2.75) is 26.2 Å². The van der Waals surface area contributed by atoms with E-state index >= 15 is 0 Å². The van der Waals surface area contributed by atoms with Gasteiger partial charge in [0.1, 0.15) is 11.5 Å². The first kappa shape index (κ1) is 16.6. The Morgan fingerprint density at radius 3 is 2.00 bits per heavy atom. The molecule has 0 saturated heterocycles. The summed E-state index contributed by atoms with van der Waals surface area (Å²) < 4.78 is 7.21. The van der Waals surface area contributed by atoms with Gasteiger partial charge in [0, 0.05) is 16.1 Å². The van der Waals surface area contributed by atoms with Crippen molar-refractivity contribution in [2.24, 2.45) is 0 Å². The Balaban J connectivity index is 1.96. The lowest BCUT2D eigenvalue weighted by atomic mass is 9.86. The summed E-state index contributed by atoms with van der Waals surface area (Å²) in [6.45, 7) is 6.66. The van der Waals surface area contributed by atoms with Gasteiger partial charge >= 0.3 is 0 Å². The number of furan rings is 1. The van der Waals surface area contributed by atoms with Crippen LogP contribution in [0.25, 0.3) is 22.6 Å². The van der Waals surface area contributed by atoms with Gasteiger partial charge in [0.05, 0.1) is 3.57 Å². The Hall–Kier alpha value is -1.26. The summed E-state index contributed by atoms with van der Waals surface area (Å²) in [6, 6.07) is 18.4. The van der Waals surface area contributed by atoms with E-state index in [9.17, 15) is 0 Å². The summed E-state index contributed by atoms with van der Waals surface area (Å²) in [5, 5.41) is 0.730. The Morgan fingerprint density at radius 2 is 1.43 bits per heavy atom. The highest BCUT2D eigenvalue weighted by molar-refractivity contribution is 14.1. The predicted molar refractivity (Wildman–Crippen MR) is 106 cm³/mol. The number of halogens is 2. The molecule has 0 amide bonds. The van der Waals surface area contributed by atoms with Crippen molar-refractivity contribution in [1.82, 2.24) is 0 Å². The van der Waals surface area contributed by atoms with Crippen molar-refractivity contribution in [2.75, 3.05) is 0 Å². The van der Waals surface area contributed by atoms with Crippen LogP contribution in [0.15, 0.2) is 59.0 Å². The van der Waals surface area contributed by atoms with Crippen molar-refractivity contribution in [3.63, 3.8) is 0 Å². The molecule has 0 aliphatic heterocycles. The fraction of sp³-hybridized carbons (Fsp3) is 0.200. The second-order valence-corrected chi connectivity index (χ2v) is 8.22. The van der Waals surface area contributed by atoms with Crippen LogP contribution in [0.4, 0.5) is 0 Å². The topological polar surface area (TPSA) is 13.1 Å². The van der Waals surface area contributed by atoms with Crippen LogP contribution in [0.1, 0.15) is 26.3 Å². The Labute approximate surface area is 155 Å². The van der Waals surface area contributed by atoms with Gasteiger partial charge in [-0.15, -0.1) is 0 Å². The molecule has 3 heteroatoms. The van der Waals surface area contributed by atoms with Crippen molar-refractivity contribution >= 4 is 34.2 Å². The molecule has 0 spiro atoms. The monoisotopic (exact) mass is 436 g/mol. The van der Waals surface area contributed by atoms with E-state index in [1.54, 1.807) is 0 Å². The number of rotatable bonds is 2. The fourth-order valence-electron chi connectivity index (χ4n) is 2.44. The average molecular weight is 437 g/mol. The highest BCUT2D eigenvalue weighted by atomic mass is 127. The van der Waals surface area contributed by atoms with Crippen molar-refractivity contribution in [1.29, 1.82) is 0 Å². The molecule has 1 aromatic heterocycles. The van der Waals surface area contributed by atoms with Crippen LogP contribution in [0.3, 0.4) is 0 Å². The SMILES string of the molecule is CC(C)(C)c1ccc(-c2oc(-c3ccc(Cl)cc3)cc2I)cc1. The number of benzene rings is 2. The molecule has 118 valence electrons. The van der Waals surface area contributed by atoms with E-state index in [1.807, 2.05) is 24.3 Å². The van der Waals surface area contributed by atoms with Gasteiger partial charge in [-0.3, -0.25) is 0 Å². The summed E-state index contributed by atoms with van der Waals surface area (Å²) in [6.07, 6.45) is 0. The van der Waals surface area contributed by atoms with Gasteiger partial charge in [-0.25, -0.2) is 0 Å². The molecule has 0 N–H and O–H groups in total. The van der Waals surface area contributed by atoms with Crippen molar-refractivity contribution < 1.29 is 4.42 Å². The van der Waals surface area contributed by atoms with Crippen LogP contribution >= 0.6 is 34.2 Å². The molecular formula is C20H18ClIO. The van der Waals surface area contributed by atoms with E-state index in [2.05, 4.69) is 73.7 Å². The third kappa shape index (κ3) is 3.64. The van der Waals surface area contributed by atoms with Crippen LogP contribution in [-0.2, 0) is 5.41 Å². The first-order valence-corrected chi connectivity index (χ1v) is 8.96. The Kier molecular flexibility index (Phi) is 4.56. The van der Waals surface area contributed by atoms with Crippen LogP contribution < -0.4 is 0 Å². The Bertz CT molecular complexity index is 808. The summed E-state index contributed by atoms with van der Waals surface area (Å²) in [7, 11) is 0. The molecule has 0 unspecified atom stereocenters. The molecule has 0 saturated carbocycles. The van der Waals surface area contributed by atoms with Gasteiger partial charge in [-0.2, -0.15) is 0 Å². The molecule has 2 aromatic carbocycles. The molecule has 0 atom stereocenters. The molecule has 3 rings (SSSR count). The van der Waals surface area contributed by atoms with E-state index in [1.165, 1.54) is 5.56 Å². The maximum absolute atomic E-state index is 6.10. The van der Waals surface area contributed by atoms with E-state index < -0.39 is 0 Å². The normalized spacial score (nSPS) is 11.7. The van der Waals surface area contributed by atoms with E-state index in [-0.39, 0.29) is 5.41 Å². The molecule has 23 heavy (non-hydrogen) atoms. The fourth-order valence-corrected chi connectivity index (χ4v) is 3.27. The minimum atomic E-state index is 0.156. The third-order valence-electron chi connectivity index (χ3n) is 3.83. The van der Waals surface area contributed by atoms with E-state index in [0.717, 1.165) is 31.2 Å². The highest BCUT2D eigenvalue weighted by Gasteiger charge is 2.16. The predicted octanol–water partition coefficient (Wildman–Crippen LogP) is 7.17. The van der Waals surface area contributed by atoms with Gasteiger partial charge in [-0.1, -0.05) is 56.6 Å². The summed E-state index contributed by atoms with van der Waals surface area (Å²) in [5.74, 6) is 1.77. The van der Waals surface area contributed by atoms with Crippen LogP contribution in [0.2, 0.25) is 5.02 Å². The van der Waals surface area contributed by atoms with Crippen molar-refractivity contribution in [3.8, 4) is 22.6 Å². The van der Waals surface area contributed by atoms with Gasteiger partial charge < -0.3 is 4.42 Å². The first-order valence-electron chi connectivity index (χ1n) is 7.51. The molecular weight excluding hydrogens is 419 g/mol. The zero-order valence-electron chi connectivity index (χ0n) is 13.4. The highest BCUT2D eigenvalue weighted by Crippen LogP contribution is 2.35. The molecule has 3 aromatic rings. The summed E-state index contributed by atoms with van der Waals surface area (Å²) in [5.41, 5.74) is 3.61. The molecule has 1 heterocycles. The standard InChI is InChI=1S/C20H18ClIO/c1-20(2,3)15-8-4-14(5-9-15)19-17(22)12-18(23-19)13-6-10-16(21)11-7-13/h4-12H,1-3H3. The smallest absolute Gasteiger partial charge is 0.148 e. The maximum Gasteiger partial charge on any atom is 0.148 e. The first-order chi connectivity index (χ1) is 10.8. The van der Waals surface area contributed by atoms with Crippen molar-refractivity contribution in [3.05, 3.63) is 68.8 Å². The minimum Gasteiger partial charge on any atom is -0.455 e. The summed E-state index contributed by atoms with van der Waals surface area (Å²) >= 11 is 8.27. The molecule has 1 nitrogen and oxygen atoms in total. The summed E-state index contributed by atoms with van der Waals surface area (Å²) in [4.78, 5) is 0. The second kappa shape index (κ2) is 6.33. The quantitative estimate of drug-likeness (QED) is 0.388. The lowest BCUT2D eigenvalue weighted by Gasteiger charge is -2.18. The molecule has 0 bridgehead atoms. The van der Waals surface area contributed by atoms with Crippen LogP contribution in [0, 0.1) is 3.57 Å². The zero-order chi connectivity index (χ0) is 16.6. The van der Waals surface area contributed by atoms with Gasteiger partial charge in [-0.05, 0) is 63.9 Å². The van der Waals surface area contributed by atoms with Gasteiger partial charge in [0.15, 0.2) is 0 Å². The molecule has 0 aliphatic rings. The minimum absolute atomic E-state index is 0.156. The zero-order valence-corrected chi connectivity index (χ0v) is 16.3. The molecule has 0 radical (unpaired) electrons. The third-order valence-corrected chi connectivity index (χ3v) is 4.88. The van der Waals surface area contributed by atoms with Gasteiger partial charge in [0.25, 0.3) is 0 Å². The van der Waals surface area contributed by atoms with Crippen LogP contribution in [0.5, 0.6) is 0 Å². The number of hydrogen-bond donors (Lipinski definition) is 0. The van der Waals surface area contributed by atoms with Gasteiger partial charge in [0.2, 0.25) is 0 Å². The lowest BCUT2D eigenvalue weighted by molar-refractivity contribution is 0.587. The van der Waals surface area contributed by atoms with E-state index in [0.29, 0.717) is 0 Å². The van der Waals surface area contributed by atoms with E-state index in [4.69, 9.17) is 16.0 Å². The average Bonchev–Trinajstić information content (AvgIpc) is 2.89. The molecule has 0 aliphatic carbocycles. The Morgan fingerprint density at radius 1 is 0.870 bits per heavy atom. The lowest BCUT2D eigenvalue weighted by Crippen LogP contribution is -2.10. The largest absolute Gasteiger partial charge is 0.455 e.